The first-order valence-corrected chi connectivity index (χ1v) is 21.8. The Balaban J connectivity index is 0.784. The highest BCUT2D eigenvalue weighted by molar-refractivity contribution is 6.30. The zero-order valence-electron chi connectivity index (χ0n) is 35.2. The van der Waals surface area contributed by atoms with Gasteiger partial charge in [-0.25, -0.2) is 15.0 Å². The van der Waals surface area contributed by atoms with Crippen molar-refractivity contribution in [3.8, 4) is 11.1 Å². The molecule has 2 aromatic carbocycles. The zero-order chi connectivity index (χ0) is 43.5. The third-order valence-electron chi connectivity index (χ3n) is 11.8. The van der Waals surface area contributed by atoms with Crippen LogP contribution in [-0.2, 0) is 20.7 Å². The molecule has 2 aliphatic rings. The average molecular weight is 865 g/mol. The van der Waals surface area contributed by atoms with Crippen molar-refractivity contribution in [3.05, 3.63) is 101 Å². The number of rotatable bonds is 18. The molecule has 3 aromatic heterocycles. The van der Waals surface area contributed by atoms with Crippen molar-refractivity contribution < 1.29 is 19.1 Å². The van der Waals surface area contributed by atoms with Gasteiger partial charge in [0.2, 0.25) is 11.8 Å². The van der Waals surface area contributed by atoms with E-state index in [2.05, 4.69) is 64.7 Å². The molecule has 8 N–H and O–H groups in total. The number of carbonyl (C=O) groups excluding carboxylic acids is 3. The number of nitrogens with two attached hydrogens (primary N) is 2. The largest absolute Gasteiger partial charge is 0.397 e. The Morgan fingerprint density at radius 1 is 0.935 bits per heavy atom. The lowest BCUT2D eigenvalue weighted by molar-refractivity contribution is -0.132. The van der Waals surface area contributed by atoms with Crippen molar-refractivity contribution >= 4 is 51.9 Å². The number of aryl methyl sites for hydroxylation is 1. The number of nitrogen functional groups attached to an aromatic ring is 1. The summed E-state index contributed by atoms with van der Waals surface area (Å²) >= 11 is 6.22. The van der Waals surface area contributed by atoms with Crippen molar-refractivity contribution in [2.24, 2.45) is 5.73 Å². The van der Waals surface area contributed by atoms with E-state index in [-0.39, 0.29) is 36.0 Å². The Bertz CT molecular complexity index is 2290. The number of nitrogens with zero attached hydrogens (tertiary/aromatic N) is 6. The fourth-order valence-corrected chi connectivity index (χ4v) is 8.11. The second-order valence-electron chi connectivity index (χ2n) is 15.9. The summed E-state index contributed by atoms with van der Waals surface area (Å²) in [4.78, 5) is 62.2. The van der Waals surface area contributed by atoms with Gasteiger partial charge in [-0.1, -0.05) is 54.9 Å². The van der Waals surface area contributed by atoms with Gasteiger partial charge in [-0.05, 0) is 66.6 Å². The molecular weight excluding hydrogens is 808 g/mol. The van der Waals surface area contributed by atoms with Gasteiger partial charge in [0.05, 0.1) is 42.4 Å². The number of amides is 3. The quantitative estimate of drug-likeness (QED) is 0.0699. The predicted octanol–water partition coefficient (Wildman–Crippen LogP) is 3.54. The summed E-state index contributed by atoms with van der Waals surface area (Å²) in [5.41, 5.74) is 17.3. The van der Waals surface area contributed by atoms with Gasteiger partial charge in [0, 0.05) is 81.9 Å². The predicted molar refractivity (Wildman–Crippen MR) is 242 cm³/mol. The molecule has 5 heterocycles. The minimum absolute atomic E-state index is 0.0360. The second-order valence-corrected chi connectivity index (χ2v) is 16.4. The van der Waals surface area contributed by atoms with Crippen LogP contribution in [0.5, 0.6) is 0 Å². The van der Waals surface area contributed by atoms with E-state index in [4.69, 9.17) is 27.8 Å². The number of halogens is 1. The average Bonchev–Trinajstić information content (AvgIpc) is 3.79. The first kappa shape index (κ1) is 44.4. The molecule has 0 saturated carbocycles. The number of ether oxygens (including phenoxy) is 1. The molecule has 2 saturated heterocycles. The molecule has 3 amide bonds. The summed E-state index contributed by atoms with van der Waals surface area (Å²) in [6, 6.07) is 19.2. The number of aromatic amines is 1. The summed E-state index contributed by atoms with van der Waals surface area (Å²) < 4.78 is 5.66. The third kappa shape index (κ3) is 11.2. The first-order valence-electron chi connectivity index (χ1n) is 21.4. The summed E-state index contributed by atoms with van der Waals surface area (Å²) in [7, 11) is 0. The zero-order valence-corrected chi connectivity index (χ0v) is 36.0. The number of fused-ring (bicyclic) bond motifs is 1. The number of anilines is 2. The van der Waals surface area contributed by atoms with Gasteiger partial charge >= 0.3 is 0 Å². The molecule has 0 bridgehead atoms. The van der Waals surface area contributed by atoms with E-state index < -0.39 is 5.54 Å². The van der Waals surface area contributed by atoms with Crippen LogP contribution >= 0.6 is 11.6 Å². The molecule has 2 aliphatic heterocycles. The normalized spacial score (nSPS) is 16.0. The molecule has 0 spiro atoms. The van der Waals surface area contributed by atoms with Gasteiger partial charge in [-0.15, -0.1) is 0 Å². The smallest absolute Gasteiger partial charge is 0.272 e. The highest BCUT2D eigenvalue weighted by Crippen LogP contribution is 2.30. The van der Waals surface area contributed by atoms with E-state index in [9.17, 15) is 14.4 Å². The number of carbonyl (C=O) groups is 3. The number of piperidine rings is 1. The van der Waals surface area contributed by atoms with Gasteiger partial charge in [0.1, 0.15) is 17.8 Å². The Morgan fingerprint density at radius 3 is 2.47 bits per heavy atom. The first-order chi connectivity index (χ1) is 30.1. The van der Waals surface area contributed by atoms with Gasteiger partial charge < -0.3 is 46.9 Å². The van der Waals surface area contributed by atoms with Gasteiger partial charge in [0.25, 0.3) is 5.91 Å². The van der Waals surface area contributed by atoms with Crippen LogP contribution in [0.3, 0.4) is 0 Å². The maximum atomic E-state index is 13.9. The van der Waals surface area contributed by atoms with E-state index in [1.807, 2.05) is 53.6 Å². The summed E-state index contributed by atoms with van der Waals surface area (Å²) in [5.74, 6) is 0.354. The van der Waals surface area contributed by atoms with Gasteiger partial charge in [-0.2, -0.15) is 0 Å². The van der Waals surface area contributed by atoms with Crippen LogP contribution in [-0.4, -0.2) is 132 Å². The number of aromatic nitrogens is 4. The number of benzene rings is 2. The van der Waals surface area contributed by atoms with Crippen LogP contribution in [0.15, 0.2) is 79.4 Å². The minimum atomic E-state index is -1.01. The van der Waals surface area contributed by atoms with E-state index in [0.29, 0.717) is 82.5 Å². The lowest BCUT2D eigenvalue weighted by Crippen LogP contribution is -2.60. The monoisotopic (exact) mass is 864 g/mol. The van der Waals surface area contributed by atoms with Crippen LogP contribution in [0.4, 0.5) is 11.5 Å². The van der Waals surface area contributed by atoms with Crippen LogP contribution in [0.25, 0.3) is 22.2 Å². The maximum absolute atomic E-state index is 13.9. The summed E-state index contributed by atoms with van der Waals surface area (Å²) in [6.07, 6.45) is 7.64. The molecule has 0 unspecified atom stereocenters. The molecule has 2 fully saturated rings. The van der Waals surface area contributed by atoms with Crippen molar-refractivity contribution in [1.82, 2.24) is 45.7 Å². The molecule has 0 aliphatic carbocycles. The number of hydrogen-bond acceptors (Lipinski definition) is 12. The molecule has 0 radical (unpaired) electrons. The number of hydrogen-bond donors (Lipinski definition) is 6. The Hall–Kier alpha value is -5.65. The third-order valence-corrected chi connectivity index (χ3v) is 12.1. The second kappa shape index (κ2) is 20.9. The Kier molecular flexibility index (Phi) is 15.0. The Labute approximate surface area is 367 Å². The molecule has 62 heavy (non-hydrogen) atoms. The van der Waals surface area contributed by atoms with Crippen LogP contribution < -0.4 is 32.3 Å². The number of nitrogens with one attached hydrogen (secondary N) is 4. The highest BCUT2D eigenvalue weighted by atomic mass is 35.5. The number of pyridine rings is 1. The van der Waals surface area contributed by atoms with Crippen LogP contribution in [0.1, 0.15) is 53.8 Å². The SMILES string of the molecule is CCc1cccc(-c2cnc(C(=O)NCCOCCNCC(=O)N3CCN(CC[C@H](NC(=O)C4(N)CCN(c5ncnc6[nH]ccc56)CC4)c4ccc(Cl)cc4)CC3)c(N)c2)c1. The molecule has 328 valence electrons. The van der Waals surface area contributed by atoms with E-state index >= 15 is 0 Å². The summed E-state index contributed by atoms with van der Waals surface area (Å²) in [6.45, 7) is 8.43. The minimum Gasteiger partial charge on any atom is -0.397 e. The molecule has 7 rings (SSSR count). The maximum Gasteiger partial charge on any atom is 0.272 e. The van der Waals surface area contributed by atoms with E-state index in [1.165, 1.54) is 5.56 Å². The van der Waals surface area contributed by atoms with Crippen molar-refractivity contribution in [2.45, 2.75) is 44.2 Å². The van der Waals surface area contributed by atoms with Gasteiger partial charge in [0.15, 0.2) is 5.69 Å². The molecule has 5 aromatic rings. The van der Waals surface area contributed by atoms with Crippen molar-refractivity contribution in [2.75, 3.05) is 89.3 Å². The fraction of sp³-hybridized carbons (Fsp3) is 0.422. The molecular formula is C45H57ClN12O4. The number of piperazine rings is 1. The van der Waals surface area contributed by atoms with Gasteiger partial charge in [-0.3, -0.25) is 19.3 Å². The van der Waals surface area contributed by atoms with Crippen LogP contribution in [0, 0.1) is 0 Å². The van der Waals surface area contributed by atoms with E-state index in [0.717, 1.165) is 59.6 Å². The van der Waals surface area contributed by atoms with Crippen molar-refractivity contribution in [1.29, 1.82) is 0 Å². The van der Waals surface area contributed by atoms with E-state index in [1.54, 1.807) is 18.6 Å². The highest BCUT2D eigenvalue weighted by Gasteiger charge is 2.39. The lowest BCUT2D eigenvalue weighted by atomic mass is 9.87. The lowest BCUT2D eigenvalue weighted by Gasteiger charge is -2.39. The molecule has 17 heteroatoms. The fourth-order valence-electron chi connectivity index (χ4n) is 7.98. The molecule has 1 atom stereocenters. The standard InChI is InChI=1S/C45H57ClN12O4/c1-2-31-4-3-5-33(26-31)34-27-37(47)40(52-28-34)43(60)51-16-25-62-24-15-49-29-39(59)57-22-20-56(21-23-57)17-11-38(32-6-8-35(46)9-7-32)55-44(61)45(48)12-18-58(19-13-45)42-36-10-14-50-41(36)53-30-54-42/h3-10,14,26-28,30,38,49H,2,11-13,15-25,29,47-48H2,1H3,(H,51,60)(H,55,61)(H,50,53,54)/t38-/m0/s1. The Morgan fingerprint density at radius 2 is 1.71 bits per heavy atom. The number of H-pyrrole nitrogens is 1. The van der Waals surface area contributed by atoms with Crippen molar-refractivity contribution in [3.63, 3.8) is 0 Å². The van der Waals surface area contributed by atoms with Crippen LogP contribution in [0.2, 0.25) is 5.02 Å². The molecule has 16 nitrogen and oxygen atoms in total. The summed E-state index contributed by atoms with van der Waals surface area (Å²) in [5, 5.41) is 10.8. The topological polar surface area (TPSA) is 213 Å².